The molecule has 53 heavy (non-hydrogen) atoms. The lowest BCUT2D eigenvalue weighted by atomic mass is 9.74. The Bertz CT molecular complexity index is 1830. The van der Waals surface area contributed by atoms with Crippen molar-refractivity contribution in [2.24, 2.45) is 29.6 Å². The fraction of sp³-hybridized carbons (Fsp3) is 0.558. The third kappa shape index (κ3) is 8.71. The van der Waals surface area contributed by atoms with Gasteiger partial charge in [0.15, 0.2) is 0 Å². The number of pyridine rings is 1. The Morgan fingerprint density at radius 2 is 1.72 bits per heavy atom. The number of carbonyl (C=O) groups is 2. The number of likely N-dealkylation sites (N-methyl/N-ethyl adjacent to an activating group) is 1. The normalized spacial score (nSPS) is 23.5. The summed E-state index contributed by atoms with van der Waals surface area (Å²) in [5.41, 5.74) is 13.8. The minimum absolute atomic E-state index is 0.143. The summed E-state index contributed by atoms with van der Waals surface area (Å²) in [7, 11) is 0. The molecular formula is C43H58N6O4. The Balaban J connectivity index is 0.970. The average molecular weight is 723 g/mol. The summed E-state index contributed by atoms with van der Waals surface area (Å²) in [6, 6.07) is 14.9. The van der Waals surface area contributed by atoms with E-state index in [1.165, 1.54) is 31.2 Å². The summed E-state index contributed by atoms with van der Waals surface area (Å²) < 4.78 is 5.59. The number of benzene rings is 2. The van der Waals surface area contributed by atoms with Gasteiger partial charge in [-0.15, -0.1) is 0 Å². The van der Waals surface area contributed by atoms with E-state index in [4.69, 9.17) is 4.74 Å². The summed E-state index contributed by atoms with van der Waals surface area (Å²) in [5, 5.41) is 6.72. The quantitative estimate of drug-likeness (QED) is 0.0962. The smallest absolute Gasteiger partial charge is 0.253 e. The Labute approximate surface area is 314 Å². The molecule has 10 nitrogen and oxygen atoms in total. The van der Waals surface area contributed by atoms with Crippen LogP contribution in [0.3, 0.4) is 0 Å². The number of carbonyl (C=O) groups excluding carboxylic acids is 2. The highest BCUT2D eigenvalue weighted by Gasteiger charge is 2.53. The summed E-state index contributed by atoms with van der Waals surface area (Å²) in [4.78, 5) is 44.4. The van der Waals surface area contributed by atoms with Gasteiger partial charge in [-0.1, -0.05) is 31.2 Å². The number of hydrogen-bond donors (Lipinski definition) is 5. The first kappa shape index (κ1) is 37.3. The number of ether oxygens (including phenoxy) is 1. The predicted octanol–water partition coefficient (Wildman–Crippen LogP) is 6.00. The molecule has 0 spiro atoms. The number of H-pyrrole nitrogens is 1. The van der Waals surface area contributed by atoms with E-state index in [0.717, 1.165) is 103 Å². The highest BCUT2D eigenvalue weighted by atomic mass is 16.5. The van der Waals surface area contributed by atoms with Crippen LogP contribution in [0.15, 0.2) is 47.3 Å². The Hall–Kier alpha value is -3.99. The van der Waals surface area contributed by atoms with Gasteiger partial charge in [-0.05, 0) is 141 Å². The van der Waals surface area contributed by atoms with Gasteiger partial charge in [0.05, 0.1) is 0 Å². The van der Waals surface area contributed by atoms with Gasteiger partial charge in [-0.3, -0.25) is 24.7 Å². The van der Waals surface area contributed by atoms with Crippen LogP contribution in [-0.4, -0.2) is 60.6 Å². The third-order valence-corrected chi connectivity index (χ3v) is 12.7. The number of nitrogens with one attached hydrogen (secondary N) is 5. The SMILES string of the molecule is CCN(CCNNC(=O)CC1C2CC3CC(C2)C1C3)Cc1ccc(-c2cc(NC3CCOCC3)c(C)c(C(=O)NCc3c(C)cc(C)[nH]c3=O)c2)cc1. The maximum absolute atomic E-state index is 13.7. The number of anilines is 1. The molecule has 5 fully saturated rings. The lowest BCUT2D eigenvalue weighted by Crippen LogP contribution is -2.43. The van der Waals surface area contributed by atoms with E-state index < -0.39 is 0 Å². The molecule has 0 radical (unpaired) electrons. The molecule has 3 aromatic rings. The van der Waals surface area contributed by atoms with Gasteiger partial charge in [-0.2, -0.15) is 0 Å². The molecule has 1 aromatic heterocycles. The summed E-state index contributed by atoms with van der Waals surface area (Å²) in [6.45, 7) is 12.7. The van der Waals surface area contributed by atoms with E-state index >= 15 is 0 Å². The second-order valence-corrected chi connectivity index (χ2v) is 16.3. The molecule has 4 bridgehead atoms. The minimum Gasteiger partial charge on any atom is -0.382 e. The molecule has 5 unspecified atom stereocenters. The molecule has 2 aromatic carbocycles. The van der Waals surface area contributed by atoms with Crippen LogP contribution in [0, 0.1) is 50.4 Å². The van der Waals surface area contributed by atoms with Gasteiger partial charge in [0.2, 0.25) is 5.91 Å². The lowest BCUT2D eigenvalue weighted by molar-refractivity contribution is -0.123. The van der Waals surface area contributed by atoms with Crippen LogP contribution < -0.4 is 27.0 Å². The highest BCUT2D eigenvalue weighted by Crippen LogP contribution is 2.61. The summed E-state index contributed by atoms with van der Waals surface area (Å²) in [6.07, 6.45) is 7.96. The molecule has 2 amide bonds. The topological polar surface area (TPSA) is 128 Å². The van der Waals surface area contributed by atoms with Crippen molar-refractivity contribution < 1.29 is 14.3 Å². The largest absolute Gasteiger partial charge is 0.382 e. The summed E-state index contributed by atoms with van der Waals surface area (Å²) in [5.74, 6) is 3.93. The maximum Gasteiger partial charge on any atom is 0.253 e. The van der Waals surface area contributed by atoms with Gasteiger partial charge in [0.25, 0.3) is 11.5 Å². The van der Waals surface area contributed by atoms with E-state index in [2.05, 4.69) is 68.6 Å². The highest BCUT2D eigenvalue weighted by molar-refractivity contribution is 5.98. The van der Waals surface area contributed by atoms with Crippen molar-refractivity contribution >= 4 is 17.5 Å². The zero-order valence-electron chi connectivity index (χ0n) is 32.0. The van der Waals surface area contributed by atoms with Gasteiger partial charge >= 0.3 is 0 Å². The van der Waals surface area contributed by atoms with Gasteiger partial charge < -0.3 is 20.4 Å². The molecule has 1 saturated heterocycles. The molecule has 5 aliphatic rings. The Kier molecular flexibility index (Phi) is 11.7. The molecular weight excluding hydrogens is 665 g/mol. The molecule has 5 atom stereocenters. The van der Waals surface area contributed by atoms with Gasteiger partial charge in [0.1, 0.15) is 0 Å². The molecule has 10 heteroatoms. The van der Waals surface area contributed by atoms with Crippen molar-refractivity contribution in [2.45, 2.75) is 91.8 Å². The van der Waals surface area contributed by atoms with Crippen molar-refractivity contribution in [3.63, 3.8) is 0 Å². The number of rotatable bonds is 15. The van der Waals surface area contributed by atoms with E-state index in [1.54, 1.807) is 0 Å². The minimum atomic E-state index is -0.212. The second-order valence-electron chi connectivity index (χ2n) is 16.3. The van der Waals surface area contributed by atoms with Crippen LogP contribution in [0.2, 0.25) is 0 Å². The Morgan fingerprint density at radius 1 is 0.943 bits per heavy atom. The predicted molar refractivity (Wildman–Crippen MR) is 209 cm³/mol. The van der Waals surface area contributed by atoms with Crippen LogP contribution >= 0.6 is 0 Å². The van der Waals surface area contributed by atoms with Crippen molar-refractivity contribution in [3.05, 3.63) is 86.3 Å². The second kappa shape index (κ2) is 16.6. The standard InChI is InChI=1S/C43H58N6O4/c1-5-49(13-12-45-48-41(50)23-38-34-18-30-17-33(20-34)37(38)19-30)25-29-6-8-31(9-7-29)32-21-36(28(4)40(22-32)47-35-10-14-53-15-11-35)42(51)44-24-39-26(2)16-27(3)46-43(39)52/h6-9,16,21-22,30,33-35,37-38,45,47H,5,10-15,17-20,23-25H2,1-4H3,(H,44,51)(H,46,52)(H,48,50). The number of nitrogens with zero attached hydrogens (tertiary/aromatic N) is 1. The van der Waals surface area contributed by atoms with Crippen molar-refractivity contribution in [3.8, 4) is 11.1 Å². The fourth-order valence-electron chi connectivity index (χ4n) is 9.94. The molecule has 4 aliphatic carbocycles. The van der Waals surface area contributed by atoms with E-state index in [0.29, 0.717) is 30.0 Å². The molecule has 1 aliphatic heterocycles. The molecule has 8 rings (SSSR count). The van der Waals surface area contributed by atoms with Crippen molar-refractivity contribution in [2.75, 3.05) is 38.2 Å². The van der Waals surface area contributed by atoms with Gasteiger partial charge in [-0.25, -0.2) is 5.43 Å². The zero-order valence-corrected chi connectivity index (χ0v) is 32.0. The molecule has 284 valence electrons. The van der Waals surface area contributed by atoms with Crippen LogP contribution in [0.1, 0.15) is 90.2 Å². The average Bonchev–Trinajstić information content (AvgIpc) is 3.56. The number of amides is 2. The number of aryl methyl sites for hydroxylation is 2. The zero-order chi connectivity index (χ0) is 37.1. The first-order valence-corrected chi connectivity index (χ1v) is 19.9. The summed E-state index contributed by atoms with van der Waals surface area (Å²) >= 11 is 0. The maximum atomic E-state index is 13.7. The van der Waals surface area contributed by atoms with E-state index in [1.807, 2.05) is 32.9 Å². The molecule has 4 saturated carbocycles. The lowest BCUT2D eigenvalue weighted by Gasteiger charge is -2.31. The monoisotopic (exact) mass is 722 g/mol. The van der Waals surface area contributed by atoms with Crippen molar-refractivity contribution in [1.82, 2.24) is 26.1 Å². The van der Waals surface area contributed by atoms with Crippen LogP contribution in [0.5, 0.6) is 0 Å². The Morgan fingerprint density at radius 3 is 2.45 bits per heavy atom. The fourth-order valence-corrected chi connectivity index (χ4v) is 9.94. The van der Waals surface area contributed by atoms with Crippen LogP contribution in [-0.2, 0) is 22.6 Å². The number of aromatic amines is 1. The first-order chi connectivity index (χ1) is 25.6. The van der Waals surface area contributed by atoms with Crippen LogP contribution in [0.25, 0.3) is 11.1 Å². The van der Waals surface area contributed by atoms with Crippen molar-refractivity contribution in [1.29, 1.82) is 0 Å². The molecule has 2 heterocycles. The third-order valence-electron chi connectivity index (χ3n) is 12.7. The van der Waals surface area contributed by atoms with E-state index in [9.17, 15) is 14.4 Å². The number of aromatic nitrogens is 1. The van der Waals surface area contributed by atoms with Crippen LogP contribution in [0.4, 0.5) is 5.69 Å². The first-order valence-electron chi connectivity index (χ1n) is 19.9. The molecule has 5 N–H and O–H groups in total. The number of hydrogen-bond acceptors (Lipinski definition) is 7. The number of hydrazine groups is 1. The van der Waals surface area contributed by atoms with E-state index in [-0.39, 0.29) is 30.0 Å². The van der Waals surface area contributed by atoms with Gasteiger partial charge in [0, 0.05) is 74.4 Å².